The van der Waals surface area contributed by atoms with Crippen molar-refractivity contribution in [3.63, 3.8) is 0 Å². The maximum Gasteiger partial charge on any atom is 0.223 e. The average Bonchev–Trinajstić information content (AvgIpc) is 2.97. The Hall–Kier alpha value is -0.790. The molecular formula is C13H21NO. The normalized spacial score (nSPS) is 29.5. The first kappa shape index (κ1) is 10.7. The van der Waals surface area contributed by atoms with Gasteiger partial charge in [-0.25, -0.2) is 0 Å². The lowest BCUT2D eigenvalue weighted by atomic mass is 9.97. The molecule has 2 aliphatic rings. The van der Waals surface area contributed by atoms with Crippen LogP contribution in [0.4, 0.5) is 0 Å². The van der Waals surface area contributed by atoms with Gasteiger partial charge in [-0.05, 0) is 44.4 Å². The second kappa shape index (κ2) is 4.82. The van der Waals surface area contributed by atoms with Crippen molar-refractivity contribution < 1.29 is 4.79 Å². The zero-order valence-corrected chi connectivity index (χ0v) is 9.59. The van der Waals surface area contributed by atoms with Crippen molar-refractivity contribution in [1.82, 2.24) is 5.32 Å². The first-order chi connectivity index (χ1) is 7.27. The van der Waals surface area contributed by atoms with Crippen LogP contribution < -0.4 is 5.32 Å². The van der Waals surface area contributed by atoms with E-state index in [1.807, 2.05) is 0 Å². The molecule has 84 valence electrons. The first-order valence-electron chi connectivity index (χ1n) is 6.23. The third-order valence-electron chi connectivity index (χ3n) is 3.58. The lowest BCUT2D eigenvalue weighted by Gasteiger charge is -2.12. The van der Waals surface area contributed by atoms with Crippen molar-refractivity contribution >= 4 is 5.91 Å². The minimum atomic E-state index is 0.277. The number of hydrogen-bond acceptors (Lipinski definition) is 1. The summed E-state index contributed by atoms with van der Waals surface area (Å²) in [6, 6.07) is 0. The second-order valence-electron chi connectivity index (χ2n) is 4.97. The van der Waals surface area contributed by atoms with Crippen LogP contribution in [-0.2, 0) is 4.79 Å². The highest BCUT2D eigenvalue weighted by Gasteiger charge is 2.38. The molecule has 0 heterocycles. The Bertz CT molecular complexity index is 270. The van der Waals surface area contributed by atoms with Crippen molar-refractivity contribution in [2.24, 2.45) is 11.8 Å². The van der Waals surface area contributed by atoms with Gasteiger partial charge in [0.25, 0.3) is 0 Å². The van der Waals surface area contributed by atoms with Gasteiger partial charge in [-0.15, -0.1) is 0 Å². The van der Waals surface area contributed by atoms with E-state index in [4.69, 9.17) is 0 Å². The van der Waals surface area contributed by atoms with Crippen LogP contribution in [0.2, 0.25) is 0 Å². The molecule has 2 atom stereocenters. The van der Waals surface area contributed by atoms with Crippen molar-refractivity contribution in [1.29, 1.82) is 0 Å². The van der Waals surface area contributed by atoms with Gasteiger partial charge >= 0.3 is 0 Å². The maximum absolute atomic E-state index is 11.5. The van der Waals surface area contributed by atoms with Crippen LogP contribution in [0.5, 0.6) is 0 Å². The molecule has 0 spiro atoms. The predicted molar refractivity (Wildman–Crippen MR) is 61.4 cm³/mol. The number of carbonyl (C=O) groups is 1. The summed E-state index contributed by atoms with van der Waals surface area (Å²) in [5.74, 6) is 1.23. The summed E-state index contributed by atoms with van der Waals surface area (Å²) in [7, 11) is 0. The predicted octanol–water partition coefficient (Wildman–Crippen LogP) is 2.65. The van der Waals surface area contributed by atoms with E-state index in [0.29, 0.717) is 11.8 Å². The Balaban J connectivity index is 1.62. The van der Waals surface area contributed by atoms with Crippen LogP contribution in [0, 0.1) is 11.8 Å². The SMILES string of the molecule is CC1CC1C(=O)NCCC1=CCCCC1. The lowest BCUT2D eigenvalue weighted by molar-refractivity contribution is -0.122. The Morgan fingerprint density at radius 2 is 2.33 bits per heavy atom. The first-order valence-corrected chi connectivity index (χ1v) is 6.23. The zero-order valence-electron chi connectivity index (χ0n) is 9.59. The Morgan fingerprint density at radius 1 is 1.53 bits per heavy atom. The number of rotatable bonds is 4. The molecule has 0 saturated heterocycles. The molecule has 0 aliphatic heterocycles. The van der Waals surface area contributed by atoms with E-state index in [-0.39, 0.29) is 5.91 Å². The van der Waals surface area contributed by atoms with E-state index in [1.165, 1.54) is 25.7 Å². The molecule has 15 heavy (non-hydrogen) atoms. The molecule has 0 aromatic rings. The van der Waals surface area contributed by atoms with Gasteiger partial charge in [0.15, 0.2) is 0 Å². The molecule has 2 heteroatoms. The van der Waals surface area contributed by atoms with Crippen LogP contribution >= 0.6 is 0 Å². The van der Waals surface area contributed by atoms with E-state index in [2.05, 4.69) is 18.3 Å². The molecule has 0 bridgehead atoms. The van der Waals surface area contributed by atoms with Crippen LogP contribution in [0.1, 0.15) is 45.4 Å². The number of amides is 1. The highest BCUT2D eigenvalue weighted by Crippen LogP contribution is 2.37. The van der Waals surface area contributed by atoms with Gasteiger partial charge in [-0.3, -0.25) is 4.79 Å². The third kappa shape index (κ3) is 3.08. The monoisotopic (exact) mass is 207 g/mol. The van der Waals surface area contributed by atoms with Gasteiger partial charge in [-0.2, -0.15) is 0 Å². The summed E-state index contributed by atoms with van der Waals surface area (Å²) in [5, 5.41) is 3.04. The summed E-state index contributed by atoms with van der Waals surface area (Å²) < 4.78 is 0. The summed E-state index contributed by atoms with van der Waals surface area (Å²) >= 11 is 0. The summed E-state index contributed by atoms with van der Waals surface area (Å²) in [4.78, 5) is 11.5. The lowest BCUT2D eigenvalue weighted by Crippen LogP contribution is -2.26. The van der Waals surface area contributed by atoms with Crippen molar-refractivity contribution in [2.45, 2.75) is 45.4 Å². The Labute approximate surface area is 92.1 Å². The average molecular weight is 207 g/mol. The number of nitrogens with one attached hydrogen (secondary N) is 1. The standard InChI is InChI=1S/C13H21NO/c1-10-9-12(10)13(15)14-8-7-11-5-3-2-4-6-11/h5,10,12H,2-4,6-9H2,1H3,(H,14,15). The van der Waals surface area contributed by atoms with E-state index >= 15 is 0 Å². The molecule has 2 nitrogen and oxygen atoms in total. The number of hydrogen-bond donors (Lipinski definition) is 1. The molecule has 2 rings (SSSR count). The second-order valence-corrected chi connectivity index (χ2v) is 4.97. The summed E-state index contributed by atoms with van der Waals surface area (Å²) in [5.41, 5.74) is 1.55. The minimum absolute atomic E-state index is 0.277. The quantitative estimate of drug-likeness (QED) is 0.705. The van der Waals surface area contributed by atoms with Crippen LogP contribution in [0.3, 0.4) is 0 Å². The van der Waals surface area contributed by atoms with Gasteiger partial charge in [-0.1, -0.05) is 18.6 Å². The largest absolute Gasteiger partial charge is 0.356 e. The fourth-order valence-corrected chi connectivity index (χ4v) is 2.30. The number of allylic oxidation sites excluding steroid dienone is 1. The van der Waals surface area contributed by atoms with E-state index < -0.39 is 0 Å². The van der Waals surface area contributed by atoms with Crippen molar-refractivity contribution in [2.75, 3.05) is 6.54 Å². The summed E-state index contributed by atoms with van der Waals surface area (Å²) in [6.07, 6.45) is 9.67. The molecule has 1 amide bonds. The van der Waals surface area contributed by atoms with Gasteiger partial charge in [0.1, 0.15) is 0 Å². The third-order valence-corrected chi connectivity index (χ3v) is 3.58. The smallest absolute Gasteiger partial charge is 0.223 e. The topological polar surface area (TPSA) is 29.1 Å². The molecular weight excluding hydrogens is 186 g/mol. The zero-order chi connectivity index (χ0) is 10.7. The maximum atomic E-state index is 11.5. The molecule has 1 fully saturated rings. The fraction of sp³-hybridized carbons (Fsp3) is 0.769. The van der Waals surface area contributed by atoms with Gasteiger partial charge < -0.3 is 5.32 Å². The van der Waals surface area contributed by atoms with E-state index in [9.17, 15) is 4.79 Å². The molecule has 0 radical (unpaired) electrons. The van der Waals surface area contributed by atoms with Crippen molar-refractivity contribution in [3.8, 4) is 0 Å². The fourth-order valence-electron chi connectivity index (χ4n) is 2.30. The van der Waals surface area contributed by atoms with Crippen LogP contribution in [0.25, 0.3) is 0 Å². The molecule has 2 unspecified atom stereocenters. The number of carbonyl (C=O) groups excluding carboxylic acids is 1. The highest BCUT2D eigenvalue weighted by atomic mass is 16.2. The molecule has 1 N–H and O–H groups in total. The van der Waals surface area contributed by atoms with Crippen LogP contribution in [0.15, 0.2) is 11.6 Å². The van der Waals surface area contributed by atoms with Gasteiger partial charge in [0.05, 0.1) is 0 Å². The Morgan fingerprint density at radius 3 is 2.93 bits per heavy atom. The Kier molecular flexibility index (Phi) is 3.45. The molecule has 1 saturated carbocycles. The van der Waals surface area contributed by atoms with Crippen LogP contribution in [-0.4, -0.2) is 12.5 Å². The molecule has 0 aromatic heterocycles. The van der Waals surface area contributed by atoms with Gasteiger partial charge in [0.2, 0.25) is 5.91 Å². The minimum Gasteiger partial charge on any atom is -0.356 e. The van der Waals surface area contributed by atoms with Crippen molar-refractivity contribution in [3.05, 3.63) is 11.6 Å². The summed E-state index contributed by atoms with van der Waals surface area (Å²) in [6.45, 7) is 2.99. The molecule has 2 aliphatic carbocycles. The molecule has 0 aromatic carbocycles. The van der Waals surface area contributed by atoms with E-state index in [1.54, 1.807) is 5.57 Å². The van der Waals surface area contributed by atoms with Gasteiger partial charge in [0, 0.05) is 12.5 Å². The van der Waals surface area contributed by atoms with E-state index in [0.717, 1.165) is 19.4 Å². The highest BCUT2D eigenvalue weighted by molar-refractivity contribution is 5.81.